The third-order valence-electron chi connectivity index (χ3n) is 7.68. The summed E-state index contributed by atoms with van der Waals surface area (Å²) in [4.78, 5) is 11.5. The molecule has 0 radical (unpaired) electrons. The molecule has 0 amide bonds. The number of carboxylic acid groups (broad SMARTS) is 1. The van der Waals surface area contributed by atoms with Crippen LogP contribution in [0.3, 0.4) is 0 Å². The predicted octanol–water partition coefficient (Wildman–Crippen LogP) is 9.20. The molecule has 1 N–H and O–H groups in total. The van der Waals surface area contributed by atoms with E-state index in [-0.39, 0.29) is 16.7 Å². The monoisotopic (exact) mass is 512 g/mol. The second kappa shape index (κ2) is 11.9. The molecule has 6 heteroatoms. The Morgan fingerprint density at radius 1 is 0.811 bits per heavy atom. The molecule has 0 bridgehead atoms. The molecule has 2 nitrogen and oxygen atoms in total. The topological polar surface area (TPSA) is 37.3 Å². The van der Waals surface area contributed by atoms with E-state index < -0.39 is 34.8 Å². The molecule has 0 spiro atoms. The summed E-state index contributed by atoms with van der Waals surface area (Å²) >= 11 is 0. The van der Waals surface area contributed by atoms with Crippen LogP contribution in [-0.2, 0) is 6.42 Å². The number of unbranched alkanes of at least 4 members (excludes halogenated alkanes) is 1. The molecule has 3 aromatic rings. The number of aryl methyl sites for hydroxylation is 1. The largest absolute Gasteiger partial charge is 0.478 e. The molecule has 1 saturated carbocycles. The highest BCUT2D eigenvalue weighted by Crippen LogP contribution is 2.38. The van der Waals surface area contributed by atoms with Crippen molar-refractivity contribution in [1.29, 1.82) is 0 Å². The molecule has 0 saturated heterocycles. The van der Waals surface area contributed by atoms with Gasteiger partial charge in [0.05, 0.1) is 5.56 Å². The van der Waals surface area contributed by atoms with E-state index in [1.165, 1.54) is 51.0 Å². The normalized spacial score (nSPS) is 17.6. The SMILES string of the molecule is CCCC[C@H]1CC[C@H](CCc2ccc(-c3ccc(C(=O)O)c(F)c3-c3cc(F)c(F)c(F)c3)cc2)CC1. The summed E-state index contributed by atoms with van der Waals surface area (Å²) in [6.45, 7) is 2.24. The number of rotatable bonds is 9. The van der Waals surface area contributed by atoms with Crippen LogP contribution in [0.15, 0.2) is 48.5 Å². The van der Waals surface area contributed by atoms with Gasteiger partial charge in [0, 0.05) is 5.56 Å². The van der Waals surface area contributed by atoms with Crippen LogP contribution in [-0.4, -0.2) is 11.1 Å². The van der Waals surface area contributed by atoms with Gasteiger partial charge in [-0.3, -0.25) is 0 Å². The van der Waals surface area contributed by atoms with Crippen LogP contribution in [0, 0.1) is 35.1 Å². The molecule has 0 aliphatic heterocycles. The molecule has 0 heterocycles. The zero-order chi connectivity index (χ0) is 26.5. The molecule has 3 aromatic carbocycles. The van der Waals surface area contributed by atoms with Gasteiger partial charge in [0.25, 0.3) is 0 Å². The Bertz CT molecular complexity index is 1220. The highest BCUT2D eigenvalue weighted by atomic mass is 19.2. The van der Waals surface area contributed by atoms with Crippen molar-refractivity contribution in [1.82, 2.24) is 0 Å². The number of aromatic carboxylic acids is 1. The van der Waals surface area contributed by atoms with Crippen molar-refractivity contribution >= 4 is 5.97 Å². The quantitative estimate of drug-likeness (QED) is 0.229. The van der Waals surface area contributed by atoms with E-state index in [9.17, 15) is 23.1 Å². The van der Waals surface area contributed by atoms with E-state index >= 15 is 4.39 Å². The number of carbonyl (C=O) groups is 1. The van der Waals surface area contributed by atoms with Crippen LogP contribution in [0.5, 0.6) is 0 Å². The maximum atomic E-state index is 15.3. The smallest absolute Gasteiger partial charge is 0.338 e. The Hall–Kier alpha value is -3.15. The van der Waals surface area contributed by atoms with Gasteiger partial charge in [-0.25, -0.2) is 22.4 Å². The van der Waals surface area contributed by atoms with Crippen molar-refractivity contribution < 1.29 is 27.5 Å². The summed E-state index contributed by atoms with van der Waals surface area (Å²) in [7, 11) is 0. The van der Waals surface area contributed by atoms with Crippen LogP contribution in [0.1, 0.15) is 74.2 Å². The van der Waals surface area contributed by atoms with Crippen LogP contribution in [0.4, 0.5) is 17.6 Å². The Kier molecular flexibility index (Phi) is 8.67. The van der Waals surface area contributed by atoms with Crippen molar-refractivity contribution in [3.05, 3.63) is 82.9 Å². The van der Waals surface area contributed by atoms with Gasteiger partial charge < -0.3 is 5.11 Å². The molecule has 1 fully saturated rings. The predicted molar refractivity (Wildman–Crippen MR) is 137 cm³/mol. The second-order valence-corrected chi connectivity index (χ2v) is 10.2. The molecule has 1 aliphatic carbocycles. The lowest BCUT2D eigenvalue weighted by Gasteiger charge is -2.28. The summed E-state index contributed by atoms with van der Waals surface area (Å²) < 4.78 is 56.8. The molecule has 4 rings (SSSR count). The van der Waals surface area contributed by atoms with Crippen LogP contribution >= 0.6 is 0 Å². The van der Waals surface area contributed by atoms with Crippen molar-refractivity contribution in [2.75, 3.05) is 0 Å². The molecule has 0 atom stereocenters. The minimum absolute atomic E-state index is 0.268. The fraction of sp³-hybridized carbons (Fsp3) is 0.387. The van der Waals surface area contributed by atoms with Crippen molar-refractivity contribution in [3.8, 4) is 22.3 Å². The van der Waals surface area contributed by atoms with Gasteiger partial charge in [-0.05, 0) is 65.1 Å². The van der Waals surface area contributed by atoms with Gasteiger partial charge in [-0.15, -0.1) is 0 Å². The average molecular weight is 513 g/mol. The first kappa shape index (κ1) is 26.9. The molecule has 0 aromatic heterocycles. The third kappa shape index (κ3) is 6.23. The van der Waals surface area contributed by atoms with E-state index in [4.69, 9.17) is 0 Å². The van der Waals surface area contributed by atoms with Crippen LogP contribution in [0.25, 0.3) is 22.3 Å². The fourth-order valence-electron chi connectivity index (χ4n) is 5.49. The van der Waals surface area contributed by atoms with Crippen molar-refractivity contribution in [2.24, 2.45) is 11.8 Å². The van der Waals surface area contributed by atoms with Crippen molar-refractivity contribution in [2.45, 2.75) is 64.7 Å². The summed E-state index contributed by atoms with van der Waals surface area (Å²) in [6, 6.07) is 11.4. The molecule has 1 aliphatic rings. The summed E-state index contributed by atoms with van der Waals surface area (Å²) in [6.07, 6.45) is 11.1. The van der Waals surface area contributed by atoms with Gasteiger partial charge in [-0.1, -0.05) is 82.2 Å². The lowest BCUT2D eigenvalue weighted by Crippen LogP contribution is -2.15. The van der Waals surface area contributed by atoms with Gasteiger partial charge in [0.1, 0.15) is 5.82 Å². The zero-order valence-corrected chi connectivity index (χ0v) is 21.0. The van der Waals surface area contributed by atoms with E-state index in [0.29, 0.717) is 17.7 Å². The average Bonchev–Trinajstić information content (AvgIpc) is 2.89. The lowest BCUT2D eigenvalue weighted by atomic mass is 9.78. The number of carboxylic acids is 1. The number of halogens is 4. The molecule has 196 valence electrons. The fourth-order valence-corrected chi connectivity index (χ4v) is 5.49. The molecule has 0 unspecified atom stereocenters. The Morgan fingerprint density at radius 2 is 1.41 bits per heavy atom. The van der Waals surface area contributed by atoms with Gasteiger partial charge in [0.15, 0.2) is 17.5 Å². The van der Waals surface area contributed by atoms with E-state index in [0.717, 1.165) is 36.3 Å². The number of benzene rings is 3. The summed E-state index contributed by atoms with van der Waals surface area (Å²) in [5, 5.41) is 9.36. The highest BCUT2D eigenvalue weighted by molar-refractivity contribution is 5.94. The highest BCUT2D eigenvalue weighted by Gasteiger charge is 2.23. The number of hydrogen-bond acceptors (Lipinski definition) is 1. The second-order valence-electron chi connectivity index (χ2n) is 10.2. The van der Waals surface area contributed by atoms with Gasteiger partial charge >= 0.3 is 5.97 Å². The van der Waals surface area contributed by atoms with Crippen LogP contribution < -0.4 is 0 Å². The minimum Gasteiger partial charge on any atom is -0.478 e. The van der Waals surface area contributed by atoms with Gasteiger partial charge in [-0.2, -0.15) is 0 Å². The standard InChI is InChI=1S/C31H32F4O2/c1-2-3-4-19-5-7-20(8-6-19)9-10-21-11-13-22(14-12-21)24-15-16-25(31(36)37)29(34)28(24)23-17-26(32)30(35)27(33)18-23/h11-20H,2-10H2,1H3,(H,36,37)/t19-,20-. The van der Waals surface area contributed by atoms with Crippen LogP contribution in [0.2, 0.25) is 0 Å². The number of hydrogen-bond donors (Lipinski definition) is 1. The minimum atomic E-state index is -1.67. The van der Waals surface area contributed by atoms with Gasteiger partial charge in [0.2, 0.25) is 0 Å². The Balaban J connectivity index is 1.54. The molecular formula is C31H32F4O2. The van der Waals surface area contributed by atoms with E-state index in [2.05, 4.69) is 6.92 Å². The van der Waals surface area contributed by atoms with E-state index in [1.54, 1.807) is 12.1 Å². The lowest BCUT2D eigenvalue weighted by molar-refractivity contribution is 0.0692. The first-order chi connectivity index (χ1) is 17.8. The maximum Gasteiger partial charge on any atom is 0.338 e. The van der Waals surface area contributed by atoms with Crippen molar-refractivity contribution in [3.63, 3.8) is 0 Å². The first-order valence-electron chi connectivity index (χ1n) is 13.1. The summed E-state index contributed by atoms with van der Waals surface area (Å²) in [5.74, 6) is -5.66. The van der Waals surface area contributed by atoms with E-state index in [1.807, 2.05) is 12.1 Å². The Labute approximate surface area is 215 Å². The Morgan fingerprint density at radius 3 is 1.97 bits per heavy atom. The third-order valence-corrected chi connectivity index (χ3v) is 7.68. The zero-order valence-electron chi connectivity index (χ0n) is 21.0. The molecular weight excluding hydrogens is 480 g/mol. The summed E-state index contributed by atoms with van der Waals surface area (Å²) in [5.41, 5.74) is 0.779. The first-order valence-corrected chi connectivity index (χ1v) is 13.1. The maximum absolute atomic E-state index is 15.3. The molecule has 37 heavy (non-hydrogen) atoms.